The minimum Gasteiger partial charge on any atom is -0.386 e. The second-order valence-corrected chi connectivity index (χ2v) is 5.46. The molecule has 0 radical (unpaired) electrons. The van der Waals surface area contributed by atoms with Gasteiger partial charge in [-0.1, -0.05) is 12.1 Å². The molecular formula is C15H16FNO2. The molecule has 1 N–H and O–H groups in total. The van der Waals surface area contributed by atoms with Gasteiger partial charge in [0.15, 0.2) is 0 Å². The summed E-state index contributed by atoms with van der Waals surface area (Å²) in [5.74, 6) is -0.00649. The molecule has 1 saturated heterocycles. The number of β-amino-alcohol motifs (C(OH)–C–C–N with tert-alkyl or cyclic N) is 1. The van der Waals surface area contributed by atoms with Gasteiger partial charge >= 0.3 is 0 Å². The number of nitrogens with zero attached hydrogens (tertiary/aromatic N) is 1. The van der Waals surface area contributed by atoms with Crippen molar-refractivity contribution in [2.75, 3.05) is 13.1 Å². The van der Waals surface area contributed by atoms with E-state index in [1.165, 1.54) is 18.2 Å². The Balaban J connectivity index is 1.56. The van der Waals surface area contributed by atoms with Crippen LogP contribution in [0.4, 0.5) is 4.39 Å². The van der Waals surface area contributed by atoms with E-state index in [-0.39, 0.29) is 11.7 Å². The third-order valence-electron chi connectivity index (χ3n) is 3.87. The van der Waals surface area contributed by atoms with E-state index in [0.717, 1.165) is 18.4 Å². The van der Waals surface area contributed by atoms with Gasteiger partial charge < -0.3 is 10.0 Å². The van der Waals surface area contributed by atoms with Crippen LogP contribution in [0.15, 0.2) is 30.3 Å². The Morgan fingerprint density at radius 2 is 1.95 bits per heavy atom. The van der Waals surface area contributed by atoms with Crippen LogP contribution >= 0.6 is 0 Å². The van der Waals surface area contributed by atoms with Gasteiger partial charge in [-0.05, 0) is 42.5 Å². The minimum absolute atomic E-state index is 0.102. The van der Waals surface area contributed by atoms with Gasteiger partial charge in [0.25, 0.3) is 0 Å². The van der Waals surface area contributed by atoms with Gasteiger partial charge in [0.1, 0.15) is 11.4 Å². The summed E-state index contributed by atoms with van der Waals surface area (Å²) in [6.07, 6.45) is 5.28. The standard InChI is InChI=1S/C15H16FNO2/c16-13-6-1-11(2-7-13)3-8-14(18)17-9-15(19,10-17)12-4-5-12/h1-3,6-8,12,19H,4-5,9-10H2. The van der Waals surface area contributed by atoms with Gasteiger partial charge in [-0.15, -0.1) is 0 Å². The number of hydrogen-bond donors (Lipinski definition) is 1. The predicted molar refractivity (Wildman–Crippen MR) is 69.7 cm³/mol. The fraction of sp³-hybridized carbons (Fsp3) is 0.400. The van der Waals surface area contributed by atoms with Crippen LogP contribution in [-0.2, 0) is 4.79 Å². The van der Waals surface area contributed by atoms with Crippen molar-refractivity contribution in [3.8, 4) is 0 Å². The number of halogens is 1. The van der Waals surface area contributed by atoms with E-state index in [2.05, 4.69) is 0 Å². The van der Waals surface area contributed by atoms with E-state index in [1.54, 1.807) is 23.1 Å². The Hall–Kier alpha value is -1.68. The van der Waals surface area contributed by atoms with E-state index in [4.69, 9.17) is 0 Å². The van der Waals surface area contributed by atoms with Crippen molar-refractivity contribution in [1.82, 2.24) is 4.90 Å². The Bertz CT molecular complexity index is 513. The Morgan fingerprint density at radius 1 is 1.32 bits per heavy atom. The largest absolute Gasteiger partial charge is 0.386 e. The van der Waals surface area contributed by atoms with Gasteiger partial charge in [0.2, 0.25) is 5.91 Å². The number of likely N-dealkylation sites (tertiary alicyclic amines) is 1. The first kappa shape index (κ1) is 12.4. The molecule has 1 aliphatic carbocycles. The Labute approximate surface area is 111 Å². The van der Waals surface area contributed by atoms with Crippen LogP contribution in [0.1, 0.15) is 18.4 Å². The highest BCUT2D eigenvalue weighted by atomic mass is 19.1. The van der Waals surface area contributed by atoms with E-state index in [1.807, 2.05) is 0 Å². The van der Waals surface area contributed by atoms with Gasteiger partial charge in [-0.2, -0.15) is 0 Å². The lowest BCUT2D eigenvalue weighted by Gasteiger charge is -2.46. The van der Waals surface area contributed by atoms with Crippen LogP contribution in [0.25, 0.3) is 6.08 Å². The molecule has 0 bridgehead atoms. The predicted octanol–water partition coefficient (Wildman–Crippen LogP) is 1.82. The quantitative estimate of drug-likeness (QED) is 0.843. The highest BCUT2D eigenvalue weighted by Gasteiger charge is 2.52. The average molecular weight is 261 g/mol. The maximum Gasteiger partial charge on any atom is 0.246 e. The number of carbonyl (C=O) groups excluding carboxylic acids is 1. The lowest BCUT2D eigenvalue weighted by molar-refractivity contribution is -0.154. The Morgan fingerprint density at radius 3 is 2.53 bits per heavy atom. The molecule has 3 nitrogen and oxygen atoms in total. The monoisotopic (exact) mass is 261 g/mol. The number of benzene rings is 1. The number of rotatable bonds is 3. The minimum atomic E-state index is -0.640. The summed E-state index contributed by atoms with van der Waals surface area (Å²) < 4.78 is 12.7. The molecule has 1 aromatic rings. The molecule has 1 heterocycles. The van der Waals surface area contributed by atoms with Crippen LogP contribution in [0.2, 0.25) is 0 Å². The lowest BCUT2D eigenvalue weighted by Crippen LogP contribution is -2.64. The Kier molecular flexibility index (Phi) is 2.90. The van der Waals surface area contributed by atoms with Crippen LogP contribution in [0, 0.1) is 11.7 Å². The van der Waals surface area contributed by atoms with Crippen LogP contribution < -0.4 is 0 Å². The molecule has 2 fully saturated rings. The van der Waals surface area contributed by atoms with Crippen molar-refractivity contribution >= 4 is 12.0 Å². The molecule has 19 heavy (non-hydrogen) atoms. The summed E-state index contributed by atoms with van der Waals surface area (Å²) >= 11 is 0. The fourth-order valence-corrected chi connectivity index (χ4v) is 2.50. The van der Waals surface area contributed by atoms with Gasteiger partial charge in [0, 0.05) is 6.08 Å². The molecule has 0 atom stereocenters. The topological polar surface area (TPSA) is 40.5 Å². The second kappa shape index (κ2) is 4.46. The van der Waals surface area contributed by atoms with Crippen LogP contribution in [-0.4, -0.2) is 34.6 Å². The molecule has 4 heteroatoms. The van der Waals surface area contributed by atoms with Crippen LogP contribution in [0.5, 0.6) is 0 Å². The summed E-state index contributed by atoms with van der Waals surface area (Å²) in [6, 6.07) is 5.96. The molecule has 1 aromatic carbocycles. The number of amides is 1. The summed E-state index contributed by atoms with van der Waals surface area (Å²) in [5, 5.41) is 10.1. The highest BCUT2D eigenvalue weighted by molar-refractivity contribution is 5.92. The van der Waals surface area contributed by atoms with Gasteiger partial charge in [-0.25, -0.2) is 4.39 Å². The van der Waals surface area contributed by atoms with Gasteiger partial charge in [0.05, 0.1) is 13.1 Å². The highest BCUT2D eigenvalue weighted by Crippen LogP contribution is 2.44. The summed E-state index contributed by atoms with van der Waals surface area (Å²) in [6.45, 7) is 0.870. The maximum absolute atomic E-state index is 12.7. The normalized spacial score (nSPS) is 21.5. The molecule has 0 unspecified atom stereocenters. The molecule has 1 saturated carbocycles. The molecule has 100 valence electrons. The molecule has 3 rings (SSSR count). The second-order valence-electron chi connectivity index (χ2n) is 5.46. The zero-order valence-corrected chi connectivity index (χ0v) is 10.6. The molecule has 0 spiro atoms. The van der Waals surface area contributed by atoms with Crippen molar-refractivity contribution in [3.63, 3.8) is 0 Å². The summed E-state index contributed by atoms with van der Waals surface area (Å²) in [7, 11) is 0. The molecular weight excluding hydrogens is 245 g/mol. The summed E-state index contributed by atoms with van der Waals surface area (Å²) in [5.41, 5.74) is 0.145. The molecule has 2 aliphatic rings. The van der Waals surface area contributed by atoms with E-state index < -0.39 is 5.60 Å². The number of hydrogen-bond acceptors (Lipinski definition) is 2. The first-order valence-corrected chi connectivity index (χ1v) is 6.52. The van der Waals surface area contributed by atoms with E-state index in [9.17, 15) is 14.3 Å². The molecule has 1 amide bonds. The average Bonchev–Trinajstić information content (AvgIpc) is 3.18. The third kappa shape index (κ3) is 2.54. The SMILES string of the molecule is O=C(C=Cc1ccc(F)cc1)N1CC(O)(C2CC2)C1. The third-order valence-corrected chi connectivity index (χ3v) is 3.87. The first-order valence-electron chi connectivity index (χ1n) is 6.52. The number of carbonyl (C=O) groups is 1. The lowest BCUT2D eigenvalue weighted by atomic mass is 9.88. The van der Waals surface area contributed by atoms with Crippen molar-refractivity contribution < 1.29 is 14.3 Å². The number of aliphatic hydroxyl groups is 1. The van der Waals surface area contributed by atoms with Gasteiger partial charge in [-0.3, -0.25) is 4.79 Å². The first-order chi connectivity index (χ1) is 9.07. The molecule has 0 aromatic heterocycles. The van der Waals surface area contributed by atoms with Crippen molar-refractivity contribution in [2.45, 2.75) is 18.4 Å². The maximum atomic E-state index is 12.7. The fourth-order valence-electron chi connectivity index (χ4n) is 2.50. The zero-order chi connectivity index (χ0) is 13.5. The van der Waals surface area contributed by atoms with E-state index >= 15 is 0 Å². The smallest absolute Gasteiger partial charge is 0.246 e. The van der Waals surface area contributed by atoms with Crippen molar-refractivity contribution in [2.24, 2.45) is 5.92 Å². The summed E-state index contributed by atoms with van der Waals surface area (Å²) in [4.78, 5) is 13.5. The van der Waals surface area contributed by atoms with Crippen LogP contribution in [0.3, 0.4) is 0 Å². The van der Waals surface area contributed by atoms with Crippen molar-refractivity contribution in [3.05, 3.63) is 41.7 Å². The molecule has 1 aliphatic heterocycles. The van der Waals surface area contributed by atoms with E-state index in [0.29, 0.717) is 19.0 Å². The van der Waals surface area contributed by atoms with Crippen molar-refractivity contribution in [1.29, 1.82) is 0 Å². The zero-order valence-electron chi connectivity index (χ0n) is 10.6.